The number of hydrogen-bond donors (Lipinski definition) is 2. The summed E-state index contributed by atoms with van der Waals surface area (Å²) in [5, 5.41) is 21.1. The summed E-state index contributed by atoms with van der Waals surface area (Å²) in [4.78, 5) is 36.9. The molecule has 0 radical (unpaired) electrons. The lowest BCUT2D eigenvalue weighted by Gasteiger charge is -2.30. The largest absolute Gasteiger partial charge is 0.480 e. The molecule has 0 aliphatic carbocycles. The average molecular weight is 383 g/mol. The van der Waals surface area contributed by atoms with Gasteiger partial charge in [-0.15, -0.1) is 0 Å². The molecule has 1 amide bonds. The molecule has 1 heterocycles. The van der Waals surface area contributed by atoms with E-state index in [0.29, 0.717) is 44.7 Å². The Morgan fingerprint density at radius 1 is 1.42 bits per heavy atom. The predicted molar refractivity (Wildman–Crippen MR) is 97.2 cm³/mol. The van der Waals surface area contributed by atoms with Gasteiger partial charge < -0.3 is 20.1 Å². The van der Waals surface area contributed by atoms with E-state index in [0.717, 1.165) is 0 Å². The molecule has 1 aliphatic rings. The maximum atomic E-state index is 12.5. The number of likely N-dealkylation sites (tertiary alicyclic amines) is 1. The van der Waals surface area contributed by atoms with Crippen LogP contribution in [-0.2, 0) is 19.1 Å². The van der Waals surface area contributed by atoms with Crippen LogP contribution in [0.25, 0.3) is 0 Å². The summed E-state index contributed by atoms with van der Waals surface area (Å²) in [5.41, 5.74) is -0.144. The van der Waals surface area contributed by atoms with E-state index >= 15 is 0 Å². The number of carboxylic acids is 1. The molecule has 0 aromatic heterocycles. The van der Waals surface area contributed by atoms with Gasteiger partial charge in [0.1, 0.15) is 17.7 Å². The van der Waals surface area contributed by atoms with E-state index in [9.17, 15) is 24.8 Å². The maximum Gasteiger partial charge on any atom is 0.326 e. The number of carbonyl (C=O) groups is 3. The number of nitrogens with one attached hydrogen (secondary N) is 1. The van der Waals surface area contributed by atoms with Crippen molar-refractivity contribution in [2.24, 2.45) is 5.92 Å². The van der Waals surface area contributed by atoms with Gasteiger partial charge in [0.15, 0.2) is 0 Å². The summed E-state index contributed by atoms with van der Waals surface area (Å²) in [7, 11) is 0. The number of amides is 1. The molecule has 144 valence electrons. The summed E-state index contributed by atoms with van der Waals surface area (Å²) in [6.07, 6.45) is 4.41. The number of carbonyl (C=O) groups excluding carboxylic acids is 2. The highest BCUT2D eigenvalue weighted by atomic mass is 32.2. The quantitative estimate of drug-likeness (QED) is 0.344. The zero-order valence-corrected chi connectivity index (χ0v) is 15.9. The lowest BCUT2D eigenvalue weighted by atomic mass is 9.96. The zero-order chi connectivity index (χ0) is 19.5. The molecule has 1 saturated heterocycles. The number of nitrogens with zero attached hydrogens (tertiary/aromatic N) is 2. The molecule has 2 N–H and O–H groups in total. The molecule has 1 fully saturated rings. The Labute approximate surface area is 157 Å². The number of rotatable bonds is 9. The Bertz CT molecular complexity index is 579. The Hall–Kier alpha value is -2.21. The van der Waals surface area contributed by atoms with Crippen LogP contribution in [0.15, 0.2) is 11.8 Å². The van der Waals surface area contributed by atoms with Crippen LogP contribution in [0.4, 0.5) is 0 Å². The van der Waals surface area contributed by atoms with Gasteiger partial charge in [-0.3, -0.25) is 9.59 Å². The number of hydrogen-bond acceptors (Lipinski definition) is 7. The molecule has 8 nitrogen and oxygen atoms in total. The van der Waals surface area contributed by atoms with Gasteiger partial charge in [0.25, 0.3) is 5.91 Å². The standard InChI is InChI=1S/C17H25N3O5S/c1-3-25-17(24)12-4-7-20(8-5-12)15(21)13(10-18)11-19-14(16(22)23)6-9-26-2/h11-12,14,19H,3-9H2,1-2H3,(H,22,23)/b13-11-. The SMILES string of the molecule is CCOC(=O)C1CCN(C(=O)/C(C#N)=C\NC(CCSC)C(=O)O)CC1. The van der Waals surface area contributed by atoms with Crippen molar-refractivity contribution in [1.29, 1.82) is 5.26 Å². The first-order valence-corrected chi connectivity index (χ1v) is 9.87. The van der Waals surface area contributed by atoms with Gasteiger partial charge in [-0.25, -0.2) is 4.79 Å². The van der Waals surface area contributed by atoms with Crippen molar-refractivity contribution < 1.29 is 24.2 Å². The molecule has 9 heteroatoms. The molecular formula is C17H25N3O5S. The van der Waals surface area contributed by atoms with E-state index in [1.54, 1.807) is 6.92 Å². The third kappa shape index (κ3) is 6.59. The van der Waals surface area contributed by atoms with Gasteiger partial charge in [-0.05, 0) is 38.2 Å². The maximum absolute atomic E-state index is 12.5. The van der Waals surface area contributed by atoms with Crippen LogP contribution < -0.4 is 5.32 Å². The third-order valence-electron chi connectivity index (χ3n) is 4.09. The lowest BCUT2D eigenvalue weighted by Crippen LogP contribution is -2.41. The van der Waals surface area contributed by atoms with E-state index in [4.69, 9.17) is 4.74 Å². The minimum absolute atomic E-state index is 0.144. The molecule has 1 aliphatic heterocycles. The Balaban J connectivity index is 2.64. The summed E-state index contributed by atoms with van der Waals surface area (Å²) < 4.78 is 4.99. The van der Waals surface area contributed by atoms with Crippen molar-refractivity contribution in [1.82, 2.24) is 10.2 Å². The second-order valence-corrected chi connectivity index (χ2v) is 6.81. The minimum Gasteiger partial charge on any atom is -0.480 e. The highest BCUT2D eigenvalue weighted by Gasteiger charge is 2.29. The number of carboxylic acid groups (broad SMARTS) is 1. The fourth-order valence-corrected chi connectivity index (χ4v) is 3.06. The lowest BCUT2D eigenvalue weighted by molar-refractivity contribution is -0.150. The topological polar surface area (TPSA) is 120 Å². The van der Waals surface area contributed by atoms with Crippen molar-refractivity contribution in [3.05, 3.63) is 11.8 Å². The fourth-order valence-electron chi connectivity index (χ4n) is 2.59. The molecule has 0 aromatic carbocycles. The highest BCUT2D eigenvalue weighted by molar-refractivity contribution is 7.98. The van der Waals surface area contributed by atoms with E-state index in [2.05, 4.69) is 5.32 Å². The molecule has 0 saturated carbocycles. The van der Waals surface area contributed by atoms with Crippen LogP contribution >= 0.6 is 11.8 Å². The van der Waals surface area contributed by atoms with Crippen LogP contribution in [0, 0.1) is 17.2 Å². The monoisotopic (exact) mass is 383 g/mol. The number of aliphatic carboxylic acids is 1. The third-order valence-corrected chi connectivity index (χ3v) is 4.73. The summed E-state index contributed by atoms with van der Waals surface area (Å²) >= 11 is 1.52. The van der Waals surface area contributed by atoms with Gasteiger partial charge in [-0.1, -0.05) is 0 Å². The Morgan fingerprint density at radius 3 is 2.58 bits per heavy atom. The fraction of sp³-hybridized carbons (Fsp3) is 0.647. The molecule has 26 heavy (non-hydrogen) atoms. The van der Waals surface area contributed by atoms with Crippen molar-refractivity contribution in [2.45, 2.75) is 32.2 Å². The smallest absolute Gasteiger partial charge is 0.326 e. The normalized spacial score (nSPS) is 16.5. The van der Waals surface area contributed by atoms with Crippen LogP contribution in [0.3, 0.4) is 0 Å². The summed E-state index contributed by atoms with van der Waals surface area (Å²) in [6.45, 7) is 2.79. The summed E-state index contributed by atoms with van der Waals surface area (Å²) in [5.74, 6) is -1.33. The average Bonchev–Trinajstić information content (AvgIpc) is 2.64. The first kappa shape index (κ1) is 21.8. The number of piperidine rings is 1. The van der Waals surface area contributed by atoms with Crippen molar-refractivity contribution >= 4 is 29.6 Å². The molecule has 0 spiro atoms. The van der Waals surface area contributed by atoms with Gasteiger partial charge in [0.05, 0.1) is 12.5 Å². The number of thioether (sulfide) groups is 1. The number of ether oxygens (including phenoxy) is 1. The van der Waals surface area contributed by atoms with Crippen LogP contribution in [0.5, 0.6) is 0 Å². The Morgan fingerprint density at radius 2 is 2.08 bits per heavy atom. The number of nitriles is 1. The molecule has 1 unspecified atom stereocenters. The molecule has 1 atom stereocenters. The Kier molecular flexibility index (Phi) is 9.58. The van der Waals surface area contributed by atoms with Crippen LogP contribution in [0.1, 0.15) is 26.2 Å². The summed E-state index contributed by atoms with van der Waals surface area (Å²) in [6, 6.07) is 0.968. The molecule has 0 aromatic rings. The molecule has 0 bridgehead atoms. The second kappa shape index (κ2) is 11.4. The van der Waals surface area contributed by atoms with E-state index in [-0.39, 0.29) is 17.5 Å². The van der Waals surface area contributed by atoms with Gasteiger partial charge in [-0.2, -0.15) is 17.0 Å². The van der Waals surface area contributed by atoms with Gasteiger partial charge in [0, 0.05) is 19.3 Å². The predicted octanol–water partition coefficient (Wildman–Crippen LogP) is 0.991. The van der Waals surface area contributed by atoms with Gasteiger partial charge >= 0.3 is 11.9 Å². The van der Waals surface area contributed by atoms with E-state index in [1.165, 1.54) is 22.9 Å². The van der Waals surface area contributed by atoms with E-state index in [1.807, 2.05) is 12.3 Å². The zero-order valence-electron chi connectivity index (χ0n) is 15.1. The van der Waals surface area contributed by atoms with Crippen LogP contribution in [-0.4, -0.2) is 65.6 Å². The van der Waals surface area contributed by atoms with Crippen LogP contribution in [0.2, 0.25) is 0 Å². The number of esters is 1. The van der Waals surface area contributed by atoms with Crippen molar-refractivity contribution in [3.8, 4) is 6.07 Å². The first-order chi connectivity index (χ1) is 12.4. The van der Waals surface area contributed by atoms with Crippen molar-refractivity contribution in [3.63, 3.8) is 0 Å². The highest BCUT2D eigenvalue weighted by Crippen LogP contribution is 2.20. The second-order valence-electron chi connectivity index (χ2n) is 5.83. The first-order valence-electron chi connectivity index (χ1n) is 8.48. The molecular weight excluding hydrogens is 358 g/mol. The van der Waals surface area contributed by atoms with Gasteiger partial charge in [0.2, 0.25) is 0 Å². The van der Waals surface area contributed by atoms with Crippen molar-refractivity contribution in [2.75, 3.05) is 31.7 Å². The van der Waals surface area contributed by atoms with E-state index < -0.39 is 17.9 Å². The minimum atomic E-state index is -1.03. The molecule has 1 rings (SSSR count).